The number of fused-ring (bicyclic) bond motifs is 1. The molecule has 0 saturated carbocycles. The fraction of sp³-hybridized carbons (Fsp3) is 0.125. The molecule has 1 aliphatic heterocycles. The van der Waals surface area contributed by atoms with Gasteiger partial charge in [0.1, 0.15) is 6.61 Å². The minimum absolute atomic E-state index is 0.370. The van der Waals surface area contributed by atoms with Crippen LogP contribution >= 0.6 is 11.3 Å². The van der Waals surface area contributed by atoms with Gasteiger partial charge in [-0.05, 0) is 6.08 Å². The molecule has 0 aromatic carbocycles. The topological polar surface area (TPSA) is 46.5 Å². The van der Waals surface area contributed by atoms with Gasteiger partial charge in [-0.25, -0.2) is 4.79 Å². The second-order valence-electron chi connectivity index (χ2n) is 2.41. The van der Waals surface area contributed by atoms with Crippen LogP contribution in [-0.2, 0) is 11.3 Å². The van der Waals surface area contributed by atoms with Gasteiger partial charge in [0.25, 0.3) is 0 Å². The van der Waals surface area contributed by atoms with Crippen molar-refractivity contribution in [3.05, 3.63) is 27.6 Å². The molecule has 0 saturated heterocycles. The van der Waals surface area contributed by atoms with E-state index < -0.39 is 5.97 Å². The summed E-state index contributed by atoms with van der Waals surface area (Å²) >= 11 is 1.42. The molecule has 0 bridgehead atoms. The molecule has 0 aliphatic carbocycles. The first kappa shape index (κ1) is 7.36. The van der Waals surface area contributed by atoms with Crippen LogP contribution in [0.15, 0.2) is 11.6 Å². The van der Waals surface area contributed by atoms with Gasteiger partial charge in [0.05, 0.1) is 16.7 Å². The van der Waals surface area contributed by atoms with Crippen molar-refractivity contribution in [2.24, 2.45) is 0 Å². The Morgan fingerprint density at radius 2 is 2.50 bits per heavy atom. The normalized spacial score (nSPS) is 13.7. The Morgan fingerprint density at radius 3 is 3.25 bits per heavy atom. The summed E-state index contributed by atoms with van der Waals surface area (Å²) in [6.45, 7) is 0.490. The number of carboxylic acid groups (broad SMARTS) is 1. The lowest BCUT2D eigenvalue weighted by molar-refractivity contribution is 0.0697. The van der Waals surface area contributed by atoms with Gasteiger partial charge in [0.2, 0.25) is 0 Å². The molecule has 1 aromatic rings. The van der Waals surface area contributed by atoms with Crippen molar-refractivity contribution in [1.29, 1.82) is 0 Å². The predicted molar refractivity (Wildman–Crippen MR) is 45.1 cm³/mol. The van der Waals surface area contributed by atoms with Gasteiger partial charge < -0.3 is 9.84 Å². The van der Waals surface area contributed by atoms with Crippen molar-refractivity contribution >= 4 is 23.4 Å². The van der Waals surface area contributed by atoms with Crippen LogP contribution in [-0.4, -0.2) is 11.1 Å². The van der Waals surface area contributed by atoms with E-state index in [4.69, 9.17) is 9.84 Å². The third kappa shape index (κ3) is 1.00. The largest absolute Gasteiger partial charge is 0.496 e. The highest BCUT2D eigenvalue weighted by atomic mass is 32.1. The van der Waals surface area contributed by atoms with E-state index in [0.29, 0.717) is 12.2 Å². The van der Waals surface area contributed by atoms with E-state index in [2.05, 4.69) is 0 Å². The third-order valence-corrected chi connectivity index (χ3v) is 2.66. The molecular weight excluding hydrogens is 176 g/mol. The van der Waals surface area contributed by atoms with E-state index in [-0.39, 0.29) is 0 Å². The number of thiophene rings is 1. The first-order valence-electron chi connectivity index (χ1n) is 3.41. The molecule has 0 amide bonds. The van der Waals surface area contributed by atoms with E-state index in [9.17, 15) is 4.79 Å². The Bertz CT molecular complexity index is 351. The summed E-state index contributed by atoms with van der Waals surface area (Å²) in [5, 5.41) is 10.4. The standard InChI is InChI=1S/C8H6O3S/c9-8(10)6-4-12-7-3-11-2-1-5(6)7/h1-2,4H,3H2,(H,9,10). The number of ether oxygens (including phenoxy) is 1. The summed E-state index contributed by atoms with van der Waals surface area (Å²) in [4.78, 5) is 11.6. The van der Waals surface area contributed by atoms with Gasteiger partial charge in [-0.2, -0.15) is 0 Å². The minimum Gasteiger partial charge on any atom is -0.496 e. The zero-order chi connectivity index (χ0) is 8.55. The molecule has 0 spiro atoms. The average molecular weight is 182 g/mol. The van der Waals surface area contributed by atoms with E-state index in [1.807, 2.05) is 0 Å². The predicted octanol–water partition coefficient (Wildman–Crippen LogP) is 1.95. The molecule has 62 valence electrons. The van der Waals surface area contributed by atoms with Crippen molar-refractivity contribution in [2.45, 2.75) is 6.61 Å². The number of rotatable bonds is 1. The van der Waals surface area contributed by atoms with Gasteiger partial charge in [-0.15, -0.1) is 11.3 Å². The number of hydrogen-bond donors (Lipinski definition) is 1. The minimum atomic E-state index is -0.876. The lowest BCUT2D eigenvalue weighted by atomic mass is 10.1. The van der Waals surface area contributed by atoms with Gasteiger partial charge in [-0.1, -0.05) is 0 Å². The zero-order valence-electron chi connectivity index (χ0n) is 6.11. The van der Waals surface area contributed by atoms with Crippen LogP contribution in [0.1, 0.15) is 20.8 Å². The fourth-order valence-electron chi connectivity index (χ4n) is 1.11. The van der Waals surface area contributed by atoms with Gasteiger partial charge in [0.15, 0.2) is 0 Å². The van der Waals surface area contributed by atoms with Gasteiger partial charge >= 0.3 is 5.97 Å². The summed E-state index contributed by atoms with van der Waals surface area (Å²) in [6.07, 6.45) is 3.22. The maximum absolute atomic E-state index is 10.7. The highest BCUT2D eigenvalue weighted by Crippen LogP contribution is 2.27. The van der Waals surface area contributed by atoms with Crippen molar-refractivity contribution in [1.82, 2.24) is 0 Å². The molecule has 1 N–H and O–H groups in total. The number of carboxylic acids is 1. The number of carbonyl (C=O) groups is 1. The van der Waals surface area contributed by atoms with Crippen LogP contribution in [0.25, 0.3) is 6.08 Å². The smallest absolute Gasteiger partial charge is 0.337 e. The molecule has 0 radical (unpaired) electrons. The zero-order valence-corrected chi connectivity index (χ0v) is 6.93. The molecule has 0 fully saturated rings. The summed E-state index contributed by atoms with van der Waals surface area (Å²) in [5.74, 6) is -0.876. The van der Waals surface area contributed by atoms with Crippen LogP contribution in [0, 0.1) is 0 Å². The Balaban J connectivity index is 2.54. The van der Waals surface area contributed by atoms with Crippen LogP contribution in [0.2, 0.25) is 0 Å². The highest BCUT2D eigenvalue weighted by molar-refractivity contribution is 7.10. The Morgan fingerprint density at radius 1 is 1.67 bits per heavy atom. The van der Waals surface area contributed by atoms with E-state index in [0.717, 1.165) is 10.4 Å². The Labute approximate surface area is 72.9 Å². The molecule has 2 rings (SSSR count). The fourth-order valence-corrected chi connectivity index (χ4v) is 2.04. The van der Waals surface area contributed by atoms with E-state index >= 15 is 0 Å². The summed E-state index contributed by atoms with van der Waals surface area (Å²) in [7, 11) is 0. The molecular formula is C8H6O3S. The Kier molecular flexibility index (Phi) is 1.62. The molecule has 1 aromatic heterocycles. The molecule has 1 aliphatic rings. The van der Waals surface area contributed by atoms with Crippen LogP contribution < -0.4 is 0 Å². The average Bonchev–Trinajstić information content (AvgIpc) is 2.47. The van der Waals surface area contributed by atoms with Crippen molar-refractivity contribution in [3.8, 4) is 0 Å². The lowest BCUT2D eigenvalue weighted by Crippen LogP contribution is -1.99. The Hall–Kier alpha value is -1.29. The quantitative estimate of drug-likeness (QED) is 0.722. The first-order valence-corrected chi connectivity index (χ1v) is 4.29. The lowest BCUT2D eigenvalue weighted by Gasteiger charge is -2.06. The third-order valence-electron chi connectivity index (χ3n) is 1.69. The molecule has 4 heteroatoms. The van der Waals surface area contributed by atoms with Crippen LogP contribution in [0.4, 0.5) is 0 Å². The molecule has 12 heavy (non-hydrogen) atoms. The summed E-state index contributed by atoms with van der Waals surface area (Å²) < 4.78 is 5.03. The molecule has 2 heterocycles. The van der Waals surface area contributed by atoms with Crippen LogP contribution in [0.5, 0.6) is 0 Å². The summed E-state index contributed by atoms with van der Waals surface area (Å²) in [6, 6.07) is 0. The maximum Gasteiger partial charge on any atom is 0.337 e. The monoisotopic (exact) mass is 182 g/mol. The molecule has 0 unspecified atom stereocenters. The van der Waals surface area contributed by atoms with Gasteiger partial charge in [-0.3, -0.25) is 0 Å². The van der Waals surface area contributed by atoms with E-state index in [1.54, 1.807) is 11.5 Å². The maximum atomic E-state index is 10.7. The molecule has 0 atom stereocenters. The first-order chi connectivity index (χ1) is 5.79. The number of hydrogen-bond acceptors (Lipinski definition) is 3. The highest BCUT2D eigenvalue weighted by Gasteiger charge is 2.16. The van der Waals surface area contributed by atoms with Crippen molar-refractivity contribution < 1.29 is 14.6 Å². The van der Waals surface area contributed by atoms with E-state index in [1.165, 1.54) is 17.6 Å². The SMILES string of the molecule is O=C(O)c1csc2c1C=COC2. The van der Waals surface area contributed by atoms with Crippen molar-refractivity contribution in [2.75, 3.05) is 0 Å². The summed E-state index contributed by atoms with van der Waals surface area (Å²) in [5.41, 5.74) is 1.16. The second kappa shape index (κ2) is 2.64. The van der Waals surface area contributed by atoms with Gasteiger partial charge in [0, 0.05) is 10.9 Å². The molecule has 3 nitrogen and oxygen atoms in total. The van der Waals surface area contributed by atoms with Crippen molar-refractivity contribution in [3.63, 3.8) is 0 Å². The van der Waals surface area contributed by atoms with Crippen LogP contribution in [0.3, 0.4) is 0 Å². The number of aromatic carboxylic acids is 1. The second-order valence-corrected chi connectivity index (χ2v) is 3.37.